The molecule has 1 aliphatic rings. The van der Waals surface area contributed by atoms with Gasteiger partial charge in [0.1, 0.15) is 11.4 Å². The Bertz CT molecular complexity index is 2120. The van der Waals surface area contributed by atoms with E-state index in [0.717, 1.165) is 49.5 Å². The standard InChI is InChI=1S/C42H39N3O5S/c1-27-38(26-51-39-16-6-5-15-37(39)48-2)49-42(50-40(27)30-19-17-28(25-46)18-20-30)33-12-8-11-32(22-33)31-10-7-9-29(21-31)23-44-41(47)36-24-43-34-13-3-4-14-35(34)45-36/h3-22,24,27,38,40,42,46H,23,25-26H2,1-2H3,(H,44,47)/t27-,38+,40+,42+/m1/s1. The van der Waals surface area contributed by atoms with Gasteiger partial charge >= 0.3 is 0 Å². The molecule has 0 spiro atoms. The zero-order chi connectivity index (χ0) is 35.2. The van der Waals surface area contributed by atoms with Gasteiger partial charge in [-0.1, -0.05) is 91.9 Å². The highest BCUT2D eigenvalue weighted by Gasteiger charge is 2.38. The maximum atomic E-state index is 12.9. The molecule has 1 aromatic heterocycles. The second-order valence-corrected chi connectivity index (χ2v) is 13.6. The normalized spacial score (nSPS) is 18.7. The molecule has 51 heavy (non-hydrogen) atoms. The molecule has 7 rings (SSSR count). The van der Waals surface area contributed by atoms with Crippen LogP contribution in [-0.2, 0) is 22.6 Å². The summed E-state index contributed by atoms with van der Waals surface area (Å²) in [6, 6.07) is 39.8. The number of amides is 1. The maximum absolute atomic E-state index is 12.9. The van der Waals surface area contributed by atoms with Crippen LogP contribution in [0.2, 0.25) is 0 Å². The molecule has 258 valence electrons. The van der Waals surface area contributed by atoms with E-state index in [4.69, 9.17) is 14.2 Å². The first kappa shape index (κ1) is 34.4. The summed E-state index contributed by atoms with van der Waals surface area (Å²) in [5.41, 5.74) is 7.50. The number of hydrogen-bond acceptors (Lipinski definition) is 8. The molecule has 1 aliphatic heterocycles. The number of nitrogens with zero attached hydrogens (tertiary/aromatic N) is 2. The predicted molar refractivity (Wildman–Crippen MR) is 199 cm³/mol. The number of ether oxygens (including phenoxy) is 3. The van der Waals surface area contributed by atoms with Gasteiger partial charge in [0.2, 0.25) is 0 Å². The fourth-order valence-corrected chi connectivity index (χ4v) is 7.48. The molecule has 4 atom stereocenters. The quantitative estimate of drug-likeness (QED) is 0.130. The number of fused-ring (bicyclic) bond motifs is 1. The summed E-state index contributed by atoms with van der Waals surface area (Å²) < 4.78 is 19.1. The van der Waals surface area contributed by atoms with E-state index in [1.807, 2.05) is 91.0 Å². The van der Waals surface area contributed by atoms with Crippen LogP contribution in [0.25, 0.3) is 22.2 Å². The molecule has 0 unspecified atom stereocenters. The third-order valence-corrected chi connectivity index (χ3v) is 10.3. The van der Waals surface area contributed by atoms with E-state index in [1.165, 1.54) is 6.20 Å². The zero-order valence-electron chi connectivity index (χ0n) is 28.4. The molecule has 5 aromatic carbocycles. The highest BCUT2D eigenvalue weighted by molar-refractivity contribution is 7.99. The number of aliphatic hydroxyl groups is 1. The lowest BCUT2D eigenvalue weighted by molar-refractivity contribution is -0.268. The number of para-hydroxylation sites is 3. The summed E-state index contributed by atoms with van der Waals surface area (Å²) in [6.45, 7) is 2.50. The number of nitrogens with one attached hydrogen (secondary N) is 1. The van der Waals surface area contributed by atoms with Crippen molar-refractivity contribution in [2.24, 2.45) is 5.92 Å². The van der Waals surface area contributed by atoms with Crippen LogP contribution in [0.3, 0.4) is 0 Å². The van der Waals surface area contributed by atoms with E-state index < -0.39 is 6.29 Å². The molecule has 2 heterocycles. The molecule has 9 heteroatoms. The minimum atomic E-state index is -0.600. The minimum Gasteiger partial charge on any atom is -0.496 e. The van der Waals surface area contributed by atoms with Crippen LogP contribution in [0.1, 0.15) is 52.1 Å². The van der Waals surface area contributed by atoms with Crippen molar-refractivity contribution in [2.45, 2.75) is 43.5 Å². The zero-order valence-corrected chi connectivity index (χ0v) is 29.3. The Labute approximate surface area is 301 Å². The summed E-state index contributed by atoms with van der Waals surface area (Å²) in [5.74, 6) is 1.33. The minimum absolute atomic E-state index is 0.00916. The van der Waals surface area contributed by atoms with Gasteiger partial charge in [0.15, 0.2) is 6.29 Å². The van der Waals surface area contributed by atoms with Gasteiger partial charge in [-0.25, -0.2) is 4.98 Å². The lowest BCUT2D eigenvalue weighted by atomic mass is 9.91. The van der Waals surface area contributed by atoms with Gasteiger partial charge in [-0.3, -0.25) is 9.78 Å². The fourth-order valence-electron chi connectivity index (χ4n) is 6.29. The van der Waals surface area contributed by atoms with Crippen LogP contribution in [0.15, 0.2) is 132 Å². The molecule has 1 amide bonds. The smallest absolute Gasteiger partial charge is 0.271 e. The Balaban J connectivity index is 1.10. The van der Waals surface area contributed by atoms with Gasteiger partial charge in [-0.15, -0.1) is 11.8 Å². The van der Waals surface area contributed by atoms with Gasteiger partial charge in [-0.2, -0.15) is 0 Å². The van der Waals surface area contributed by atoms with E-state index >= 15 is 0 Å². The molecule has 0 aliphatic carbocycles. The molecule has 1 fully saturated rings. The summed E-state index contributed by atoms with van der Waals surface area (Å²) >= 11 is 1.71. The second kappa shape index (κ2) is 15.9. The highest BCUT2D eigenvalue weighted by atomic mass is 32.2. The number of rotatable bonds is 11. The Morgan fingerprint density at radius 1 is 0.824 bits per heavy atom. The van der Waals surface area contributed by atoms with E-state index in [0.29, 0.717) is 17.8 Å². The van der Waals surface area contributed by atoms with Gasteiger partial charge in [-0.05, 0) is 64.2 Å². The summed E-state index contributed by atoms with van der Waals surface area (Å²) in [5, 5.41) is 12.6. The summed E-state index contributed by atoms with van der Waals surface area (Å²) in [4.78, 5) is 22.8. The van der Waals surface area contributed by atoms with Crippen LogP contribution in [0, 0.1) is 5.92 Å². The second-order valence-electron chi connectivity index (χ2n) is 12.5. The van der Waals surface area contributed by atoms with Crippen molar-refractivity contribution < 1.29 is 24.1 Å². The first-order chi connectivity index (χ1) is 25.0. The highest BCUT2D eigenvalue weighted by Crippen LogP contribution is 2.44. The molecule has 0 bridgehead atoms. The van der Waals surface area contributed by atoms with Crippen molar-refractivity contribution in [1.29, 1.82) is 0 Å². The van der Waals surface area contributed by atoms with Crippen molar-refractivity contribution in [2.75, 3.05) is 12.9 Å². The van der Waals surface area contributed by atoms with Crippen molar-refractivity contribution in [3.05, 3.63) is 155 Å². The van der Waals surface area contributed by atoms with Crippen LogP contribution >= 0.6 is 11.8 Å². The van der Waals surface area contributed by atoms with Crippen LogP contribution in [0.4, 0.5) is 0 Å². The van der Waals surface area contributed by atoms with Gasteiger partial charge in [0, 0.05) is 28.7 Å². The number of benzene rings is 5. The van der Waals surface area contributed by atoms with E-state index in [1.54, 1.807) is 18.9 Å². The summed E-state index contributed by atoms with van der Waals surface area (Å²) in [7, 11) is 1.69. The summed E-state index contributed by atoms with van der Waals surface area (Å²) in [6.07, 6.45) is 0.566. The van der Waals surface area contributed by atoms with Crippen molar-refractivity contribution in [3.8, 4) is 16.9 Å². The van der Waals surface area contributed by atoms with E-state index in [2.05, 4.69) is 52.5 Å². The maximum Gasteiger partial charge on any atom is 0.271 e. The number of methoxy groups -OCH3 is 1. The number of aliphatic hydroxyl groups excluding tert-OH is 1. The van der Waals surface area contributed by atoms with Crippen molar-refractivity contribution in [1.82, 2.24) is 15.3 Å². The Kier molecular flexibility index (Phi) is 10.7. The Morgan fingerprint density at radius 3 is 2.37 bits per heavy atom. The fraction of sp³-hybridized carbons (Fsp3) is 0.214. The number of carbonyl (C=O) groups is 1. The first-order valence-electron chi connectivity index (χ1n) is 16.9. The Morgan fingerprint density at radius 2 is 1.57 bits per heavy atom. The molecule has 1 saturated heterocycles. The third-order valence-electron chi connectivity index (χ3n) is 9.15. The number of carbonyl (C=O) groups excluding carboxylic acids is 1. The van der Waals surface area contributed by atoms with Gasteiger partial charge in [0.05, 0.1) is 43.2 Å². The Hall–Kier alpha value is -5.06. The van der Waals surface area contributed by atoms with Crippen LogP contribution in [-0.4, -0.2) is 39.9 Å². The topological polar surface area (TPSA) is 103 Å². The molecule has 8 nitrogen and oxygen atoms in total. The van der Waals surface area contributed by atoms with Crippen molar-refractivity contribution >= 4 is 28.7 Å². The van der Waals surface area contributed by atoms with Crippen molar-refractivity contribution in [3.63, 3.8) is 0 Å². The van der Waals surface area contributed by atoms with Crippen LogP contribution < -0.4 is 10.1 Å². The SMILES string of the molecule is COc1ccccc1SC[C@@H]1O[C@H](c2cccc(-c3cccc(CNC(=O)c4cnc5ccccc5n4)c3)c2)O[C@H](c2ccc(CO)cc2)[C@@H]1C. The van der Waals surface area contributed by atoms with Crippen LogP contribution in [0.5, 0.6) is 5.75 Å². The number of aromatic nitrogens is 2. The van der Waals surface area contributed by atoms with Gasteiger partial charge in [0.25, 0.3) is 5.91 Å². The van der Waals surface area contributed by atoms with E-state index in [-0.39, 0.29) is 36.3 Å². The lowest BCUT2D eigenvalue weighted by Gasteiger charge is -2.41. The number of hydrogen-bond donors (Lipinski definition) is 2. The average molecular weight is 698 g/mol. The lowest BCUT2D eigenvalue weighted by Crippen LogP contribution is -2.38. The molecular weight excluding hydrogens is 659 g/mol. The molecule has 0 radical (unpaired) electrons. The van der Waals surface area contributed by atoms with E-state index in [9.17, 15) is 9.90 Å². The first-order valence-corrected chi connectivity index (χ1v) is 17.9. The third kappa shape index (κ3) is 7.97. The average Bonchev–Trinajstić information content (AvgIpc) is 3.19. The largest absolute Gasteiger partial charge is 0.496 e. The number of thioether (sulfide) groups is 1. The molecule has 2 N–H and O–H groups in total. The predicted octanol–water partition coefficient (Wildman–Crippen LogP) is 8.31. The molecule has 0 saturated carbocycles. The monoisotopic (exact) mass is 697 g/mol. The molecular formula is C42H39N3O5S. The molecule has 6 aromatic rings. The van der Waals surface area contributed by atoms with Gasteiger partial charge < -0.3 is 24.6 Å².